The van der Waals surface area contributed by atoms with E-state index in [0.29, 0.717) is 23.9 Å². The lowest BCUT2D eigenvalue weighted by molar-refractivity contribution is -0.135. The number of pyridine rings is 1. The maximum atomic E-state index is 10.8. The topological polar surface area (TPSA) is 74.7 Å². The number of hydrogen-bond acceptors (Lipinski definition) is 5. The van der Waals surface area contributed by atoms with E-state index in [-0.39, 0.29) is 6.54 Å². The molecule has 6 nitrogen and oxygen atoms in total. The highest BCUT2D eigenvalue weighted by Crippen LogP contribution is 2.23. The predicted molar refractivity (Wildman–Crippen MR) is 114 cm³/mol. The predicted octanol–water partition coefficient (Wildman–Crippen LogP) is 4.34. The number of likely N-dealkylation sites (N-methyl/N-ethyl adjacent to an activating group) is 1. The second-order valence-electron chi connectivity index (χ2n) is 6.58. The Balaban J connectivity index is 1.46. The largest absolute Gasteiger partial charge is 0.480 e. The van der Waals surface area contributed by atoms with Crippen LogP contribution in [0.2, 0.25) is 5.02 Å². The van der Waals surface area contributed by atoms with Gasteiger partial charge in [0.25, 0.3) is 0 Å². The number of rotatable bonds is 9. The van der Waals surface area contributed by atoms with Gasteiger partial charge in [0.15, 0.2) is 0 Å². The van der Waals surface area contributed by atoms with Crippen molar-refractivity contribution in [1.29, 1.82) is 0 Å². The highest BCUT2D eigenvalue weighted by molar-refractivity contribution is 6.30. The summed E-state index contributed by atoms with van der Waals surface area (Å²) in [5.74, 6) is 1.25. The Morgan fingerprint density at radius 3 is 2.17 bits per heavy atom. The molecule has 0 saturated carbocycles. The van der Waals surface area contributed by atoms with Crippen molar-refractivity contribution < 1.29 is 14.6 Å². The van der Waals surface area contributed by atoms with E-state index >= 15 is 0 Å². The molecule has 0 fully saturated rings. The first-order valence-electron chi connectivity index (χ1n) is 9.10. The quantitative estimate of drug-likeness (QED) is 0.545. The zero-order valence-corrected chi connectivity index (χ0v) is 16.8. The number of aromatic nitrogens is 1. The number of ether oxygens (including phenoxy) is 1. The van der Waals surface area contributed by atoms with Crippen molar-refractivity contribution in [2.75, 3.05) is 18.5 Å². The summed E-state index contributed by atoms with van der Waals surface area (Å²) in [7, 11) is 1.70. The number of carbonyl (C=O) groups is 1. The fourth-order valence-electron chi connectivity index (χ4n) is 2.70. The van der Waals surface area contributed by atoms with Crippen LogP contribution in [0.5, 0.6) is 11.5 Å². The minimum absolute atomic E-state index is 0.0810. The molecule has 0 unspecified atom stereocenters. The zero-order valence-electron chi connectivity index (χ0n) is 16.0. The first-order chi connectivity index (χ1) is 14.0. The smallest absolute Gasteiger partial charge is 0.323 e. The highest BCUT2D eigenvalue weighted by Gasteiger charge is 2.06. The molecule has 0 atom stereocenters. The van der Waals surface area contributed by atoms with Crippen molar-refractivity contribution in [3.63, 3.8) is 0 Å². The number of nitrogens with zero attached hydrogens (tertiary/aromatic N) is 2. The van der Waals surface area contributed by atoms with Crippen LogP contribution < -0.4 is 15.0 Å². The van der Waals surface area contributed by atoms with Gasteiger partial charge in [-0.1, -0.05) is 29.8 Å². The highest BCUT2D eigenvalue weighted by atomic mass is 35.5. The zero-order chi connectivity index (χ0) is 20.6. The van der Waals surface area contributed by atoms with Crippen LogP contribution in [0, 0.1) is 0 Å². The molecule has 2 aromatic carbocycles. The van der Waals surface area contributed by atoms with Gasteiger partial charge in [-0.25, -0.2) is 4.98 Å². The van der Waals surface area contributed by atoms with Crippen molar-refractivity contribution in [3.05, 3.63) is 83.0 Å². The molecule has 0 bridgehead atoms. The van der Waals surface area contributed by atoms with Gasteiger partial charge in [-0.15, -0.1) is 0 Å². The molecular weight excluding hydrogens is 390 g/mol. The molecule has 3 aromatic rings. The van der Waals surface area contributed by atoms with E-state index < -0.39 is 5.97 Å². The standard InChI is InChI=1S/C22H22ClN3O3/c1-26(15-22(27)28)21-11-4-17(14-25-21)13-24-12-16-2-7-19(8-3-16)29-20-9-5-18(23)6-10-20/h2-11,14,24H,12-13,15H2,1H3,(H,27,28). The minimum Gasteiger partial charge on any atom is -0.480 e. The molecule has 1 heterocycles. The summed E-state index contributed by atoms with van der Waals surface area (Å²) in [5.41, 5.74) is 2.17. The lowest BCUT2D eigenvalue weighted by Gasteiger charge is -2.15. The second-order valence-corrected chi connectivity index (χ2v) is 7.01. The van der Waals surface area contributed by atoms with Crippen LogP contribution in [-0.2, 0) is 17.9 Å². The number of carboxylic acid groups (broad SMARTS) is 1. The Labute approximate surface area is 174 Å². The third-order valence-electron chi connectivity index (χ3n) is 4.20. The van der Waals surface area contributed by atoms with Crippen molar-refractivity contribution in [3.8, 4) is 11.5 Å². The number of carboxylic acids is 1. The molecule has 1 aromatic heterocycles. The van der Waals surface area contributed by atoms with Crippen molar-refractivity contribution in [2.45, 2.75) is 13.1 Å². The fourth-order valence-corrected chi connectivity index (χ4v) is 2.82. The number of hydrogen-bond donors (Lipinski definition) is 2. The van der Waals surface area contributed by atoms with E-state index in [1.807, 2.05) is 48.5 Å². The summed E-state index contributed by atoms with van der Waals surface area (Å²) < 4.78 is 5.79. The molecule has 3 rings (SSSR count). The molecule has 0 aliphatic heterocycles. The summed E-state index contributed by atoms with van der Waals surface area (Å²) in [5, 5.41) is 12.9. The molecule has 0 radical (unpaired) electrons. The summed E-state index contributed by atoms with van der Waals surface area (Å²) in [6, 6.07) is 18.9. The van der Waals surface area contributed by atoms with Gasteiger partial charge in [0.1, 0.15) is 23.9 Å². The maximum absolute atomic E-state index is 10.8. The number of anilines is 1. The van der Waals surface area contributed by atoms with Crippen LogP contribution >= 0.6 is 11.6 Å². The van der Waals surface area contributed by atoms with Gasteiger partial charge in [-0.2, -0.15) is 0 Å². The Morgan fingerprint density at radius 1 is 1.00 bits per heavy atom. The van der Waals surface area contributed by atoms with Gasteiger partial charge in [-0.3, -0.25) is 4.79 Å². The first kappa shape index (κ1) is 20.6. The maximum Gasteiger partial charge on any atom is 0.323 e. The molecule has 7 heteroatoms. The Bertz CT molecular complexity index is 929. The Morgan fingerprint density at radius 2 is 1.59 bits per heavy atom. The summed E-state index contributed by atoms with van der Waals surface area (Å²) in [6.07, 6.45) is 1.75. The minimum atomic E-state index is -0.885. The van der Waals surface area contributed by atoms with Crippen molar-refractivity contribution in [1.82, 2.24) is 10.3 Å². The molecular formula is C22H22ClN3O3. The fraction of sp³-hybridized carbons (Fsp3) is 0.182. The SMILES string of the molecule is CN(CC(=O)O)c1ccc(CNCc2ccc(Oc3ccc(Cl)cc3)cc2)cn1. The van der Waals surface area contributed by atoms with Gasteiger partial charge in [0.05, 0.1) is 0 Å². The number of nitrogens with one attached hydrogen (secondary N) is 1. The molecule has 150 valence electrons. The molecule has 0 aliphatic carbocycles. The van der Waals surface area contributed by atoms with Crippen LogP contribution in [0.3, 0.4) is 0 Å². The molecule has 0 spiro atoms. The summed E-state index contributed by atoms with van der Waals surface area (Å²) in [4.78, 5) is 16.7. The molecule has 0 saturated heterocycles. The van der Waals surface area contributed by atoms with Crippen LogP contribution in [0.4, 0.5) is 5.82 Å². The van der Waals surface area contributed by atoms with Crippen LogP contribution in [0.15, 0.2) is 66.9 Å². The second kappa shape index (κ2) is 9.91. The Hall–Kier alpha value is -3.09. The molecule has 29 heavy (non-hydrogen) atoms. The van der Waals surface area contributed by atoms with Crippen molar-refractivity contribution in [2.24, 2.45) is 0 Å². The van der Waals surface area contributed by atoms with E-state index in [4.69, 9.17) is 21.4 Å². The summed E-state index contributed by atoms with van der Waals surface area (Å²) >= 11 is 5.88. The summed E-state index contributed by atoms with van der Waals surface area (Å²) in [6.45, 7) is 1.29. The number of benzene rings is 2. The van der Waals surface area contributed by atoms with Gasteiger partial charge in [0, 0.05) is 31.4 Å². The molecule has 0 amide bonds. The van der Waals surface area contributed by atoms with Crippen LogP contribution in [0.1, 0.15) is 11.1 Å². The van der Waals surface area contributed by atoms with E-state index in [2.05, 4.69) is 10.3 Å². The van der Waals surface area contributed by atoms with Crippen LogP contribution in [-0.4, -0.2) is 29.7 Å². The Kier molecular flexibility index (Phi) is 7.05. The van der Waals surface area contributed by atoms with E-state index in [0.717, 1.165) is 22.6 Å². The van der Waals surface area contributed by atoms with E-state index in [1.165, 1.54) is 0 Å². The normalized spacial score (nSPS) is 10.6. The average molecular weight is 412 g/mol. The van der Waals surface area contributed by atoms with Gasteiger partial charge >= 0.3 is 5.97 Å². The lowest BCUT2D eigenvalue weighted by Crippen LogP contribution is -2.25. The van der Waals surface area contributed by atoms with Crippen LogP contribution in [0.25, 0.3) is 0 Å². The van der Waals surface area contributed by atoms with Gasteiger partial charge in [0.2, 0.25) is 0 Å². The number of aliphatic carboxylic acids is 1. The van der Waals surface area contributed by atoms with Gasteiger partial charge < -0.3 is 20.1 Å². The third-order valence-corrected chi connectivity index (χ3v) is 4.46. The number of halogens is 1. The monoisotopic (exact) mass is 411 g/mol. The lowest BCUT2D eigenvalue weighted by atomic mass is 10.2. The average Bonchev–Trinajstić information content (AvgIpc) is 2.71. The van der Waals surface area contributed by atoms with E-state index in [1.54, 1.807) is 30.3 Å². The molecule has 0 aliphatic rings. The third kappa shape index (κ3) is 6.48. The molecule has 2 N–H and O–H groups in total. The van der Waals surface area contributed by atoms with Crippen molar-refractivity contribution >= 4 is 23.4 Å². The van der Waals surface area contributed by atoms with Gasteiger partial charge in [-0.05, 0) is 53.6 Å². The first-order valence-corrected chi connectivity index (χ1v) is 9.48. The van der Waals surface area contributed by atoms with E-state index in [9.17, 15) is 4.79 Å².